The fraction of sp³-hybridized carbons (Fsp3) is 0.261. The van der Waals surface area contributed by atoms with E-state index in [0.717, 1.165) is 6.42 Å². The number of hydrogen-bond donors (Lipinski definition) is 1. The van der Waals surface area contributed by atoms with E-state index in [1.807, 2.05) is 13.8 Å². The minimum Gasteiger partial charge on any atom is -0.497 e. The molecule has 1 atom stereocenters. The monoisotopic (exact) mass is 425 g/mol. The van der Waals surface area contributed by atoms with Crippen molar-refractivity contribution in [3.05, 3.63) is 64.0 Å². The molecule has 2 aromatic carbocycles. The van der Waals surface area contributed by atoms with Crippen LogP contribution in [0.2, 0.25) is 0 Å². The van der Waals surface area contributed by atoms with E-state index in [0.29, 0.717) is 16.9 Å². The molecule has 3 rings (SSSR count). The van der Waals surface area contributed by atoms with Gasteiger partial charge in [0.1, 0.15) is 28.4 Å². The van der Waals surface area contributed by atoms with Crippen molar-refractivity contribution in [2.24, 2.45) is 0 Å². The molecule has 0 saturated carbocycles. The molecular formula is C23H23NO7. The van der Waals surface area contributed by atoms with Gasteiger partial charge in [-0.25, -0.2) is 9.59 Å². The maximum atomic E-state index is 12.5. The second-order valence-corrected chi connectivity index (χ2v) is 6.92. The summed E-state index contributed by atoms with van der Waals surface area (Å²) in [4.78, 5) is 37.1. The zero-order chi connectivity index (χ0) is 22.5. The van der Waals surface area contributed by atoms with Crippen molar-refractivity contribution in [2.45, 2.75) is 26.3 Å². The molecule has 0 spiro atoms. The van der Waals surface area contributed by atoms with E-state index in [2.05, 4.69) is 5.32 Å². The van der Waals surface area contributed by atoms with Crippen LogP contribution in [0, 0.1) is 0 Å². The predicted octanol–water partition coefficient (Wildman–Crippen LogP) is 3.56. The zero-order valence-corrected chi connectivity index (χ0v) is 17.7. The van der Waals surface area contributed by atoms with Crippen molar-refractivity contribution in [1.82, 2.24) is 5.32 Å². The van der Waals surface area contributed by atoms with Crippen molar-refractivity contribution in [1.29, 1.82) is 0 Å². The first kappa shape index (κ1) is 21.9. The van der Waals surface area contributed by atoms with Crippen LogP contribution in [0.3, 0.4) is 0 Å². The number of rotatable bonds is 7. The van der Waals surface area contributed by atoms with Crippen molar-refractivity contribution in [3.8, 4) is 17.2 Å². The number of hydrogen-bond acceptors (Lipinski definition) is 7. The van der Waals surface area contributed by atoms with Crippen molar-refractivity contribution >= 4 is 22.8 Å². The minimum atomic E-state index is -0.769. The molecule has 0 fully saturated rings. The van der Waals surface area contributed by atoms with Gasteiger partial charge in [-0.2, -0.15) is 0 Å². The molecule has 1 unspecified atom stereocenters. The molecule has 0 aliphatic carbocycles. The molecule has 8 nitrogen and oxygen atoms in total. The maximum Gasteiger partial charge on any atom is 0.349 e. The van der Waals surface area contributed by atoms with E-state index in [4.69, 9.17) is 18.6 Å². The molecule has 1 amide bonds. The largest absolute Gasteiger partial charge is 0.497 e. The summed E-state index contributed by atoms with van der Waals surface area (Å²) in [7, 11) is 2.96. The molecular weight excluding hydrogens is 402 g/mol. The van der Waals surface area contributed by atoms with Gasteiger partial charge >= 0.3 is 11.6 Å². The maximum absolute atomic E-state index is 12.5. The molecule has 0 radical (unpaired) electrons. The summed E-state index contributed by atoms with van der Waals surface area (Å²) in [6.07, 6.45) is 0.735. The fourth-order valence-electron chi connectivity index (χ4n) is 2.81. The Labute approximate surface area is 178 Å². The molecule has 1 aromatic heterocycles. The molecule has 0 bridgehead atoms. The van der Waals surface area contributed by atoms with E-state index >= 15 is 0 Å². The first-order valence-electron chi connectivity index (χ1n) is 9.68. The second kappa shape index (κ2) is 9.34. The van der Waals surface area contributed by atoms with Gasteiger partial charge in [-0.1, -0.05) is 6.92 Å². The highest BCUT2D eigenvalue weighted by atomic mass is 16.5. The molecule has 31 heavy (non-hydrogen) atoms. The molecule has 1 N–H and O–H groups in total. The van der Waals surface area contributed by atoms with E-state index in [-0.39, 0.29) is 28.5 Å². The molecule has 0 aliphatic rings. The molecule has 1 heterocycles. The first-order valence-corrected chi connectivity index (χ1v) is 9.68. The Balaban J connectivity index is 1.86. The van der Waals surface area contributed by atoms with E-state index in [9.17, 15) is 14.4 Å². The number of ether oxygens (including phenoxy) is 3. The average Bonchev–Trinajstić information content (AvgIpc) is 2.77. The van der Waals surface area contributed by atoms with Crippen LogP contribution in [0.4, 0.5) is 0 Å². The van der Waals surface area contributed by atoms with Gasteiger partial charge in [-0.05, 0) is 43.7 Å². The van der Waals surface area contributed by atoms with Gasteiger partial charge in [0.2, 0.25) is 0 Å². The normalized spacial score (nSPS) is 11.6. The first-order chi connectivity index (χ1) is 14.8. The van der Waals surface area contributed by atoms with Crippen LogP contribution in [0.25, 0.3) is 11.0 Å². The molecule has 0 aliphatic heterocycles. The summed E-state index contributed by atoms with van der Waals surface area (Å²) < 4.78 is 21.0. The third-order valence-electron chi connectivity index (χ3n) is 4.74. The highest BCUT2D eigenvalue weighted by molar-refractivity contribution is 5.97. The lowest BCUT2D eigenvalue weighted by atomic mass is 10.1. The van der Waals surface area contributed by atoms with Gasteiger partial charge in [-0.3, -0.25) is 4.79 Å². The Morgan fingerprint density at radius 1 is 1.00 bits per heavy atom. The van der Waals surface area contributed by atoms with E-state index < -0.39 is 17.5 Å². The third kappa shape index (κ3) is 5.03. The number of fused-ring (bicyclic) bond motifs is 1. The van der Waals surface area contributed by atoms with Gasteiger partial charge in [0.15, 0.2) is 0 Å². The van der Waals surface area contributed by atoms with Crippen molar-refractivity contribution in [2.75, 3.05) is 14.2 Å². The van der Waals surface area contributed by atoms with E-state index in [1.54, 1.807) is 18.2 Å². The Bertz CT molecular complexity index is 1160. The van der Waals surface area contributed by atoms with Crippen LogP contribution in [-0.2, 0) is 0 Å². The average molecular weight is 425 g/mol. The summed E-state index contributed by atoms with van der Waals surface area (Å²) >= 11 is 0. The second-order valence-electron chi connectivity index (χ2n) is 6.92. The van der Waals surface area contributed by atoms with Crippen LogP contribution in [0.1, 0.15) is 41.0 Å². The zero-order valence-electron chi connectivity index (χ0n) is 17.7. The van der Waals surface area contributed by atoms with Crippen LogP contribution < -0.4 is 25.2 Å². The molecule has 0 saturated heterocycles. The highest BCUT2D eigenvalue weighted by Crippen LogP contribution is 2.25. The number of amides is 1. The third-order valence-corrected chi connectivity index (χ3v) is 4.74. The molecule has 162 valence electrons. The van der Waals surface area contributed by atoms with Crippen molar-refractivity contribution in [3.63, 3.8) is 0 Å². The van der Waals surface area contributed by atoms with Gasteiger partial charge in [0.25, 0.3) is 5.91 Å². The summed E-state index contributed by atoms with van der Waals surface area (Å²) in [5.41, 5.74) is -0.427. The highest BCUT2D eigenvalue weighted by Gasteiger charge is 2.17. The van der Waals surface area contributed by atoms with Gasteiger partial charge < -0.3 is 23.9 Å². The quantitative estimate of drug-likeness (QED) is 0.351. The molecule has 3 aromatic rings. The summed E-state index contributed by atoms with van der Waals surface area (Å²) in [6.45, 7) is 3.78. The lowest BCUT2D eigenvalue weighted by Crippen LogP contribution is -2.34. The Kier molecular flexibility index (Phi) is 6.59. The van der Waals surface area contributed by atoms with E-state index in [1.165, 1.54) is 38.5 Å². The lowest BCUT2D eigenvalue weighted by molar-refractivity contribution is 0.0733. The Hall–Kier alpha value is -3.81. The smallest absolute Gasteiger partial charge is 0.349 e. The van der Waals surface area contributed by atoms with Crippen LogP contribution in [0.15, 0.2) is 51.7 Å². The summed E-state index contributed by atoms with van der Waals surface area (Å²) in [5, 5.41) is 3.26. The predicted molar refractivity (Wildman–Crippen MR) is 114 cm³/mol. The van der Waals surface area contributed by atoms with Gasteiger partial charge in [0, 0.05) is 23.6 Å². The standard InChI is InChI=1S/C23H23NO7/c1-5-13(2)24-21(25)19-10-14-6-7-16(12-20(14)31-23(19)27)30-22(26)15-8-17(28-3)11-18(9-15)29-4/h6-13H,5H2,1-4H3,(H,24,25). The van der Waals surface area contributed by atoms with Gasteiger partial charge in [0.05, 0.1) is 19.8 Å². The Morgan fingerprint density at radius 2 is 1.68 bits per heavy atom. The number of carbonyl (C=O) groups excluding carboxylic acids is 2. The number of nitrogens with one attached hydrogen (secondary N) is 1. The fourth-order valence-corrected chi connectivity index (χ4v) is 2.81. The SMILES string of the molecule is CCC(C)NC(=O)c1cc2ccc(OC(=O)c3cc(OC)cc(OC)c3)cc2oc1=O. The topological polar surface area (TPSA) is 104 Å². The summed E-state index contributed by atoms with van der Waals surface area (Å²) in [5.74, 6) is -0.0619. The number of carbonyl (C=O) groups is 2. The number of methoxy groups -OCH3 is 2. The lowest BCUT2D eigenvalue weighted by Gasteiger charge is -2.11. The van der Waals surface area contributed by atoms with Crippen LogP contribution in [-0.4, -0.2) is 32.1 Å². The number of benzene rings is 2. The number of esters is 1. The Morgan fingerprint density at radius 3 is 2.29 bits per heavy atom. The van der Waals surface area contributed by atoms with Crippen LogP contribution >= 0.6 is 0 Å². The van der Waals surface area contributed by atoms with Gasteiger partial charge in [-0.15, -0.1) is 0 Å². The minimum absolute atomic E-state index is 0.0698. The summed E-state index contributed by atoms with van der Waals surface area (Å²) in [6, 6.07) is 10.6. The van der Waals surface area contributed by atoms with Crippen molar-refractivity contribution < 1.29 is 28.2 Å². The van der Waals surface area contributed by atoms with Crippen LogP contribution in [0.5, 0.6) is 17.2 Å². The molecule has 8 heteroatoms.